The SMILES string of the molecule is NC(=O)Nc1ccc(OC(F)(F)F)cc1.O=C(O)c1ccc(OC2CCCCC2)cc1. The Morgan fingerprint density at radius 3 is 1.97 bits per heavy atom. The van der Waals surface area contributed by atoms with Gasteiger partial charge in [-0.05, 0) is 74.2 Å². The van der Waals surface area contributed by atoms with E-state index >= 15 is 0 Å². The minimum Gasteiger partial charge on any atom is -0.490 e. The fraction of sp³-hybridized carbons (Fsp3) is 0.333. The van der Waals surface area contributed by atoms with E-state index in [-0.39, 0.29) is 11.4 Å². The molecule has 1 saturated carbocycles. The molecule has 4 N–H and O–H groups in total. The average molecular weight is 440 g/mol. The smallest absolute Gasteiger partial charge is 0.490 e. The lowest BCUT2D eigenvalue weighted by Crippen LogP contribution is -2.19. The van der Waals surface area contributed by atoms with Crippen molar-refractivity contribution >= 4 is 17.7 Å². The molecular formula is C21H23F3N2O5. The summed E-state index contributed by atoms with van der Waals surface area (Å²) in [5, 5.41) is 11.0. The van der Waals surface area contributed by atoms with E-state index in [1.807, 2.05) is 0 Å². The molecule has 7 nitrogen and oxygen atoms in total. The molecule has 0 spiro atoms. The monoisotopic (exact) mass is 440 g/mol. The number of nitrogens with two attached hydrogens (primary N) is 1. The van der Waals surface area contributed by atoms with Gasteiger partial charge in [-0.25, -0.2) is 9.59 Å². The van der Waals surface area contributed by atoms with Crippen molar-refractivity contribution in [3.05, 3.63) is 54.1 Å². The molecule has 1 aliphatic rings. The Morgan fingerprint density at radius 1 is 0.935 bits per heavy atom. The maximum Gasteiger partial charge on any atom is 0.573 e. The summed E-state index contributed by atoms with van der Waals surface area (Å²) in [6, 6.07) is 10.5. The van der Waals surface area contributed by atoms with Gasteiger partial charge in [-0.15, -0.1) is 13.2 Å². The van der Waals surface area contributed by atoms with Gasteiger partial charge in [0.1, 0.15) is 11.5 Å². The first kappa shape index (κ1) is 23.8. The Morgan fingerprint density at radius 2 is 1.48 bits per heavy atom. The number of hydrogen-bond acceptors (Lipinski definition) is 4. The number of alkyl halides is 3. The molecule has 2 amide bonds. The lowest BCUT2D eigenvalue weighted by Gasteiger charge is -2.22. The van der Waals surface area contributed by atoms with Crippen LogP contribution in [0, 0.1) is 0 Å². The van der Waals surface area contributed by atoms with Crippen LogP contribution in [0.5, 0.6) is 11.5 Å². The molecule has 2 aromatic rings. The van der Waals surface area contributed by atoms with Crippen LogP contribution in [0.1, 0.15) is 42.5 Å². The third kappa shape index (κ3) is 9.28. The number of halogens is 3. The molecule has 3 rings (SSSR count). The van der Waals surface area contributed by atoms with Crippen molar-refractivity contribution < 1.29 is 37.3 Å². The number of carboxylic acids is 1. The molecular weight excluding hydrogens is 417 g/mol. The van der Waals surface area contributed by atoms with Gasteiger partial charge in [0.2, 0.25) is 0 Å². The summed E-state index contributed by atoms with van der Waals surface area (Å²) in [6.45, 7) is 0. The van der Waals surface area contributed by atoms with Crippen molar-refractivity contribution in [2.75, 3.05) is 5.32 Å². The van der Waals surface area contributed by atoms with Crippen LogP contribution in [0.25, 0.3) is 0 Å². The van der Waals surface area contributed by atoms with Gasteiger partial charge in [-0.3, -0.25) is 0 Å². The number of amides is 2. The number of primary amides is 1. The zero-order chi connectivity index (χ0) is 22.9. The Hall–Kier alpha value is -3.43. The highest BCUT2D eigenvalue weighted by atomic mass is 19.4. The molecule has 0 heterocycles. The number of aromatic carboxylic acids is 1. The van der Waals surface area contributed by atoms with E-state index in [2.05, 4.69) is 10.1 Å². The van der Waals surface area contributed by atoms with Gasteiger partial charge in [0, 0.05) is 5.69 Å². The molecule has 0 radical (unpaired) electrons. The molecule has 168 valence electrons. The highest BCUT2D eigenvalue weighted by Gasteiger charge is 2.30. The number of urea groups is 1. The molecule has 0 bridgehead atoms. The Balaban J connectivity index is 0.000000221. The van der Waals surface area contributed by atoms with Crippen LogP contribution in [-0.2, 0) is 0 Å². The summed E-state index contributed by atoms with van der Waals surface area (Å²) in [5.74, 6) is -0.487. The molecule has 0 atom stereocenters. The highest BCUT2D eigenvalue weighted by Crippen LogP contribution is 2.24. The number of benzene rings is 2. The number of rotatable bonds is 5. The van der Waals surface area contributed by atoms with E-state index in [0.717, 1.165) is 30.7 Å². The number of carbonyl (C=O) groups excluding carboxylic acids is 1. The zero-order valence-electron chi connectivity index (χ0n) is 16.5. The second-order valence-corrected chi connectivity index (χ2v) is 6.77. The molecule has 2 aromatic carbocycles. The van der Waals surface area contributed by atoms with Crippen LogP contribution < -0.4 is 20.5 Å². The normalized spacial score (nSPS) is 14.0. The van der Waals surface area contributed by atoms with Crippen molar-refractivity contribution in [2.24, 2.45) is 5.73 Å². The van der Waals surface area contributed by atoms with E-state index in [9.17, 15) is 22.8 Å². The summed E-state index contributed by atoms with van der Waals surface area (Å²) >= 11 is 0. The maximum absolute atomic E-state index is 11.7. The largest absolute Gasteiger partial charge is 0.573 e. The van der Waals surface area contributed by atoms with Crippen LogP contribution >= 0.6 is 0 Å². The van der Waals surface area contributed by atoms with Gasteiger partial charge in [0.15, 0.2) is 0 Å². The third-order valence-corrected chi connectivity index (χ3v) is 4.31. The first-order valence-corrected chi connectivity index (χ1v) is 9.54. The number of carbonyl (C=O) groups is 2. The van der Waals surface area contributed by atoms with Gasteiger partial charge >= 0.3 is 18.4 Å². The van der Waals surface area contributed by atoms with Gasteiger partial charge < -0.3 is 25.6 Å². The van der Waals surface area contributed by atoms with Crippen molar-refractivity contribution in [3.63, 3.8) is 0 Å². The second-order valence-electron chi connectivity index (χ2n) is 6.77. The Kier molecular flexibility index (Phi) is 8.53. The van der Waals surface area contributed by atoms with Gasteiger partial charge in [-0.2, -0.15) is 0 Å². The summed E-state index contributed by atoms with van der Waals surface area (Å²) in [5.41, 5.74) is 5.39. The first-order valence-electron chi connectivity index (χ1n) is 9.54. The highest BCUT2D eigenvalue weighted by molar-refractivity contribution is 5.88. The van der Waals surface area contributed by atoms with Gasteiger partial charge in [-0.1, -0.05) is 6.42 Å². The summed E-state index contributed by atoms with van der Waals surface area (Å²) < 4.78 is 44.6. The maximum atomic E-state index is 11.7. The predicted octanol–water partition coefficient (Wildman–Crippen LogP) is 5.17. The standard InChI is InChI=1S/C13H16O3.C8H7F3N2O2/c14-13(15)10-6-8-12(9-7-10)16-11-4-2-1-3-5-11;9-8(10,11)15-6-3-1-5(2-4-6)13-7(12)14/h6-9,11H,1-5H2,(H,14,15);1-4H,(H3,12,13,14). The number of anilines is 1. The van der Waals surface area contributed by atoms with E-state index in [1.165, 1.54) is 31.4 Å². The number of carboxylic acid groups (broad SMARTS) is 1. The minimum absolute atomic E-state index is 0.289. The lowest BCUT2D eigenvalue weighted by atomic mass is 9.98. The van der Waals surface area contributed by atoms with Gasteiger partial charge in [0.05, 0.1) is 11.7 Å². The molecule has 1 aliphatic carbocycles. The topological polar surface area (TPSA) is 111 Å². The van der Waals surface area contributed by atoms with Crippen molar-refractivity contribution in [1.82, 2.24) is 0 Å². The lowest BCUT2D eigenvalue weighted by molar-refractivity contribution is -0.274. The molecule has 0 aliphatic heterocycles. The van der Waals surface area contributed by atoms with E-state index in [1.54, 1.807) is 24.3 Å². The van der Waals surface area contributed by atoms with Crippen molar-refractivity contribution in [1.29, 1.82) is 0 Å². The summed E-state index contributed by atoms with van der Waals surface area (Å²) in [6.07, 6.45) is 1.58. The fourth-order valence-corrected chi connectivity index (χ4v) is 2.93. The van der Waals surface area contributed by atoms with E-state index < -0.39 is 18.4 Å². The number of nitrogens with one attached hydrogen (secondary N) is 1. The number of ether oxygens (including phenoxy) is 2. The first-order chi connectivity index (χ1) is 14.6. The quantitative estimate of drug-likeness (QED) is 0.594. The molecule has 0 saturated heterocycles. The number of hydrogen-bond donors (Lipinski definition) is 3. The molecule has 10 heteroatoms. The molecule has 1 fully saturated rings. The Bertz CT molecular complexity index is 849. The molecule has 0 aromatic heterocycles. The second kappa shape index (κ2) is 11.1. The predicted molar refractivity (Wildman–Crippen MR) is 107 cm³/mol. The third-order valence-electron chi connectivity index (χ3n) is 4.31. The van der Waals surface area contributed by atoms with Crippen molar-refractivity contribution in [2.45, 2.75) is 44.6 Å². The summed E-state index contributed by atoms with van der Waals surface area (Å²) in [4.78, 5) is 21.0. The van der Waals surface area contributed by atoms with Gasteiger partial charge in [0.25, 0.3) is 0 Å². The molecule has 0 unspecified atom stereocenters. The fourth-order valence-electron chi connectivity index (χ4n) is 2.93. The molecule has 31 heavy (non-hydrogen) atoms. The van der Waals surface area contributed by atoms with E-state index in [0.29, 0.717) is 11.7 Å². The zero-order valence-corrected chi connectivity index (χ0v) is 16.5. The minimum atomic E-state index is -4.72. The van der Waals surface area contributed by atoms with Crippen molar-refractivity contribution in [3.8, 4) is 11.5 Å². The van der Waals surface area contributed by atoms with Crippen LogP contribution in [0.15, 0.2) is 48.5 Å². The van der Waals surface area contributed by atoms with Crippen LogP contribution in [0.4, 0.5) is 23.7 Å². The average Bonchev–Trinajstić information content (AvgIpc) is 2.70. The van der Waals surface area contributed by atoms with Crippen LogP contribution in [-0.4, -0.2) is 29.6 Å². The van der Waals surface area contributed by atoms with Crippen LogP contribution in [0.2, 0.25) is 0 Å². The Labute approximate surface area is 177 Å². The summed E-state index contributed by atoms with van der Waals surface area (Å²) in [7, 11) is 0. The van der Waals surface area contributed by atoms with Crippen LogP contribution in [0.3, 0.4) is 0 Å². The van der Waals surface area contributed by atoms with E-state index in [4.69, 9.17) is 15.6 Å².